The number of carbonyl (C=O) groups excluding carboxylic acids is 2. The van der Waals surface area contributed by atoms with Crippen molar-refractivity contribution in [1.82, 2.24) is 9.55 Å². The van der Waals surface area contributed by atoms with Crippen molar-refractivity contribution < 1.29 is 29.5 Å². The molecule has 0 radical (unpaired) electrons. The number of nitro groups is 1. The number of rotatable bonds is 9. The molecule has 2 aromatic heterocycles. The zero-order valence-corrected chi connectivity index (χ0v) is 18.1. The summed E-state index contributed by atoms with van der Waals surface area (Å²) in [6.45, 7) is -0.752. The molecule has 1 atom stereocenters. The maximum absolute atomic E-state index is 12.5. The highest BCUT2D eigenvalue weighted by molar-refractivity contribution is 6.35. The van der Waals surface area contributed by atoms with E-state index in [1.807, 2.05) is 42.1 Å². The standard InChI is InChI=1S/C24H21N3O7/c1-26-10-19(16-4-2-3-5-20(16)26)18-9-25-24(22(31)12-29)23(18)17-8-15(34-13-14(30)11-28)6-7-21(17)27(32)33/h2-10,12,14,25,28,30H,11,13H2,1H3. The van der Waals surface area contributed by atoms with Crippen molar-refractivity contribution in [3.63, 3.8) is 0 Å². The Morgan fingerprint density at radius 3 is 2.71 bits per heavy atom. The zero-order chi connectivity index (χ0) is 24.4. The second kappa shape index (κ2) is 9.30. The van der Waals surface area contributed by atoms with Crippen LogP contribution >= 0.6 is 0 Å². The van der Waals surface area contributed by atoms with Gasteiger partial charge in [0.25, 0.3) is 5.69 Å². The van der Waals surface area contributed by atoms with Gasteiger partial charge in [0.2, 0.25) is 5.78 Å². The number of aliphatic hydroxyl groups is 2. The molecule has 2 aromatic carbocycles. The SMILES string of the molecule is Cn1cc(-c2c[nH]c(C(=O)C=O)c2-c2cc(OCC(O)CO)ccc2[N+](=O)[O-])c2ccccc21. The molecule has 0 spiro atoms. The Labute approximate surface area is 193 Å². The number of Topliss-reactive ketones (excluding diaryl/α,β-unsaturated/α-hetero) is 1. The van der Waals surface area contributed by atoms with Crippen molar-refractivity contribution in [2.24, 2.45) is 7.05 Å². The van der Waals surface area contributed by atoms with Crippen molar-refractivity contribution in [3.8, 4) is 28.0 Å². The van der Waals surface area contributed by atoms with Crippen LogP contribution in [0.3, 0.4) is 0 Å². The van der Waals surface area contributed by atoms with Crippen LogP contribution in [-0.2, 0) is 11.8 Å². The highest BCUT2D eigenvalue weighted by Crippen LogP contribution is 2.43. The number of aryl methyl sites for hydroxylation is 1. The zero-order valence-electron chi connectivity index (χ0n) is 18.1. The molecule has 0 aliphatic carbocycles. The van der Waals surface area contributed by atoms with E-state index in [1.54, 1.807) is 6.20 Å². The molecule has 174 valence electrons. The molecule has 34 heavy (non-hydrogen) atoms. The summed E-state index contributed by atoms with van der Waals surface area (Å²) in [4.78, 5) is 37.9. The average Bonchev–Trinajstić information content (AvgIpc) is 3.43. The average molecular weight is 463 g/mol. The summed E-state index contributed by atoms with van der Waals surface area (Å²) < 4.78 is 7.37. The van der Waals surface area contributed by atoms with Crippen LogP contribution in [0.25, 0.3) is 33.2 Å². The summed E-state index contributed by atoms with van der Waals surface area (Å²) in [6.07, 6.45) is 2.40. The minimum absolute atomic E-state index is 0.0652. The van der Waals surface area contributed by atoms with Crippen molar-refractivity contribution in [2.45, 2.75) is 6.10 Å². The first-order valence-electron chi connectivity index (χ1n) is 10.3. The van der Waals surface area contributed by atoms with Gasteiger partial charge in [-0.15, -0.1) is 0 Å². The first-order valence-corrected chi connectivity index (χ1v) is 10.3. The Bertz CT molecular complexity index is 1400. The first-order chi connectivity index (χ1) is 16.3. The molecule has 10 heteroatoms. The predicted molar refractivity (Wildman–Crippen MR) is 124 cm³/mol. The number of benzene rings is 2. The number of nitrogens with zero attached hydrogens (tertiary/aromatic N) is 2. The highest BCUT2D eigenvalue weighted by atomic mass is 16.6. The molecule has 0 bridgehead atoms. The maximum Gasteiger partial charge on any atom is 0.277 e. The Kier molecular flexibility index (Phi) is 6.26. The van der Waals surface area contributed by atoms with Gasteiger partial charge >= 0.3 is 0 Å². The molecule has 0 saturated heterocycles. The monoisotopic (exact) mass is 463 g/mol. The van der Waals surface area contributed by atoms with E-state index < -0.39 is 23.4 Å². The van der Waals surface area contributed by atoms with Crippen molar-refractivity contribution >= 4 is 28.7 Å². The third-order valence-electron chi connectivity index (χ3n) is 5.51. The fraction of sp³-hybridized carbons (Fsp3) is 0.167. The van der Waals surface area contributed by atoms with Crippen LogP contribution in [0, 0.1) is 10.1 Å². The minimum atomic E-state index is -1.13. The topological polar surface area (TPSA) is 148 Å². The third kappa shape index (κ3) is 4.07. The lowest BCUT2D eigenvalue weighted by molar-refractivity contribution is -0.384. The number of H-pyrrole nitrogens is 1. The molecule has 0 amide bonds. The molecule has 4 rings (SSSR count). The molecular formula is C24H21N3O7. The van der Waals surface area contributed by atoms with E-state index in [1.165, 1.54) is 18.2 Å². The van der Waals surface area contributed by atoms with Crippen molar-refractivity contribution in [3.05, 3.63) is 70.7 Å². The summed E-state index contributed by atoms with van der Waals surface area (Å²) >= 11 is 0. The van der Waals surface area contributed by atoms with Gasteiger partial charge in [-0.3, -0.25) is 19.7 Å². The third-order valence-corrected chi connectivity index (χ3v) is 5.51. The number of ketones is 1. The van der Waals surface area contributed by atoms with Gasteiger partial charge in [-0.2, -0.15) is 0 Å². The molecule has 1 unspecified atom stereocenters. The quantitative estimate of drug-likeness (QED) is 0.114. The smallest absolute Gasteiger partial charge is 0.277 e. The van der Waals surface area contributed by atoms with Gasteiger partial charge in [0.15, 0.2) is 6.29 Å². The Hall–Kier alpha value is -4.28. The number of nitro benzene ring substituents is 1. The van der Waals surface area contributed by atoms with Gasteiger partial charge in [0.05, 0.1) is 22.8 Å². The lowest BCUT2D eigenvalue weighted by Gasteiger charge is -2.12. The summed E-state index contributed by atoms with van der Waals surface area (Å²) in [5.74, 6) is -0.680. The number of nitrogens with one attached hydrogen (secondary N) is 1. The number of hydrogen-bond acceptors (Lipinski definition) is 7. The number of hydrogen-bond donors (Lipinski definition) is 3. The number of aromatic nitrogens is 2. The van der Waals surface area contributed by atoms with Crippen molar-refractivity contribution in [2.75, 3.05) is 13.2 Å². The number of carbonyl (C=O) groups is 2. The van der Waals surface area contributed by atoms with Crippen LogP contribution in [0.5, 0.6) is 5.75 Å². The summed E-state index contributed by atoms with van der Waals surface area (Å²) in [5.41, 5.74) is 1.99. The van der Waals surface area contributed by atoms with Gasteiger partial charge in [0.1, 0.15) is 18.5 Å². The number of fused-ring (bicyclic) bond motifs is 1. The summed E-state index contributed by atoms with van der Waals surface area (Å²) in [5, 5.41) is 31.3. The Morgan fingerprint density at radius 1 is 1.24 bits per heavy atom. The van der Waals surface area contributed by atoms with Gasteiger partial charge in [-0.1, -0.05) is 18.2 Å². The molecule has 0 saturated carbocycles. The summed E-state index contributed by atoms with van der Waals surface area (Å²) in [6, 6.07) is 11.5. The normalized spacial score (nSPS) is 12.0. The fourth-order valence-corrected chi connectivity index (χ4v) is 3.93. The van der Waals surface area contributed by atoms with Crippen LogP contribution in [0.1, 0.15) is 10.5 Å². The Morgan fingerprint density at radius 2 is 2.00 bits per heavy atom. The van der Waals surface area contributed by atoms with Crippen LogP contribution in [0.4, 0.5) is 5.69 Å². The van der Waals surface area contributed by atoms with Crippen LogP contribution in [0.2, 0.25) is 0 Å². The molecule has 2 heterocycles. The Balaban J connectivity index is 1.98. The lowest BCUT2D eigenvalue weighted by atomic mass is 9.94. The van der Waals surface area contributed by atoms with E-state index in [-0.39, 0.29) is 41.2 Å². The van der Waals surface area contributed by atoms with E-state index in [2.05, 4.69) is 4.98 Å². The van der Waals surface area contributed by atoms with Crippen molar-refractivity contribution in [1.29, 1.82) is 0 Å². The van der Waals surface area contributed by atoms with Crippen LogP contribution in [0.15, 0.2) is 54.9 Å². The molecule has 0 fully saturated rings. The molecule has 4 aromatic rings. The number of para-hydroxylation sites is 1. The second-order valence-corrected chi connectivity index (χ2v) is 7.69. The number of aldehydes is 1. The van der Waals surface area contributed by atoms with E-state index in [9.17, 15) is 24.8 Å². The van der Waals surface area contributed by atoms with E-state index in [0.717, 1.165) is 10.9 Å². The van der Waals surface area contributed by atoms with Gasteiger partial charge in [0, 0.05) is 53.1 Å². The largest absolute Gasteiger partial charge is 0.491 e. The van der Waals surface area contributed by atoms with Gasteiger partial charge < -0.3 is 24.5 Å². The predicted octanol–water partition coefficient (Wildman–Crippen LogP) is 2.86. The van der Waals surface area contributed by atoms with E-state index in [0.29, 0.717) is 11.1 Å². The summed E-state index contributed by atoms with van der Waals surface area (Å²) in [7, 11) is 1.86. The van der Waals surface area contributed by atoms with Crippen LogP contribution < -0.4 is 4.74 Å². The molecule has 3 N–H and O–H groups in total. The molecule has 0 aliphatic heterocycles. The molecule has 0 aliphatic rings. The fourth-order valence-electron chi connectivity index (χ4n) is 3.93. The minimum Gasteiger partial charge on any atom is -0.491 e. The lowest BCUT2D eigenvalue weighted by Crippen LogP contribution is -2.21. The van der Waals surface area contributed by atoms with Crippen LogP contribution in [-0.4, -0.2) is 56.1 Å². The first kappa shape index (κ1) is 22.9. The molecule has 10 nitrogen and oxygen atoms in total. The molecular weight excluding hydrogens is 442 g/mol. The van der Waals surface area contributed by atoms with Gasteiger partial charge in [-0.05, 0) is 18.2 Å². The maximum atomic E-state index is 12.5. The van der Waals surface area contributed by atoms with E-state index in [4.69, 9.17) is 9.84 Å². The highest BCUT2D eigenvalue weighted by Gasteiger charge is 2.27. The van der Waals surface area contributed by atoms with E-state index >= 15 is 0 Å². The number of ether oxygens (including phenoxy) is 1. The number of aliphatic hydroxyl groups excluding tert-OH is 2. The van der Waals surface area contributed by atoms with Gasteiger partial charge in [-0.25, -0.2) is 0 Å². The second-order valence-electron chi connectivity index (χ2n) is 7.69. The number of aromatic amines is 1.